The Kier molecular flexibility index (Phi) is 9.51. The van der Waals surface area contributed by atoms with E-state index in [9.17, 15) is 9.59 Å². The number of aryl methyl sites for hydroxylation is 2. The zero-order valence-electron chi connectivity index (χ0n) is 21.7. The molecule has 1 aromatic carbocycles. The standard InChI is InChI=1S/C27H31ClN4O4S2/c1-5-12-32-22(14-35-18-10-11-20(28)17(4)13-18)30-31-27(32)37-15-23(33)29-25-24(26(34)36-16(2)3)19-8-6-7-9-21(19)38-25/h5,10-11,13,16H,1,6-9,12,14-15H2,2-4H3,(H,29,33). The molecule has 2 heterocycles. The van der Waals surface area contributed by atoms with Gasteiger partial charge < -0.3 is 14.8 Å². The van der Waals surface area contributed by atoms with Crippen molar-refractivity contribution in [3.63, 3.8) is 0 Å². The molecule has 0 radical (unpaired) electrons. The van der Waals surface area contributed by atoms with Crippen LogP contribution in [0.15, 0.2) is 36.0 Å². The summed E-state index contributed by atoms with van der Waals surface area (Å²) in [6, 6.07) is 5.46. The number of hydrogen-bond acceptors (Lipinski definition) is 8. The topological polar surface area (TPSA) is 95.3 Å². The van der Waals surface area contributed by atoms with Gasteiger partial charge in [-0.25, -0.2) is 4.79 Å². The number of nitrogens with zero attached hydrogens (tertiary/aromatic N) is 3. The van der Waals surface area contributed by atoms with Crippen LogP contribution in [0.25, 0.3) is 0 Å². The van der Waals surface area contributed by atoms with Crippen molar-refractivity contribution in [2.45, 2.75) is 70.9 Å². The highest BCUT2D eigenvalue weighted by molar-refractivity contribution is 7.99. The molecular formula is C27H31ClN4O4S2. The molecular weight excluding hydrogens is 544 g/mol. The molecule has 202 valence electrons. The number of thiophene rings is 1. The Hall–Kier alpha value is -2.82. The monoisotopic (exact) mass is 574 g/mol. The molecule has 8 nitrogen and oxygen atoms in total. The molecule has 38 heavy (non-hydrogen) atoms. The number of anilines is 1. The normalized spacial score (nSPS) is 12.8. The van der Waals surface area contributed by atoms with Crippen molar-refractivity contribution in [2.75, 3.05) is 11.1 Å². The van der Waals surface area contributed by atoms with E-state index < -0.39 is 0 Å². The van der Waals surface area contributed by atoms with Crippen LogP contribution < -0.4 is 10.1 Å². The van der Waals surface area contributed by atoms with Crippen molar-refractivity contribution in [3.05, 3.63) is 63.3 Å². The molecule has 0 unspecified atom stereocenters. The molecule has 3 aromatic rings. The Labute approximate surface area is 235 Å². The number of benzene rings is 1. The fraction of sp³-hybridized carbons (Fsp3) is 0.407. The van der Waals surface area contributed by atoms with E-state index in [2.05, 4.69) is 22.1 Å². The van der Waals surface area contributed by atoms with Crippen LogP contribution >= 0.6 is 34.7 Å². The fourth-order valence-electron chi connectivity index (χ4n) is 4.14. The Morgan fingerprint density at radius 3 is 2.82 bits per heavy atom. The van der Waals surface area contributed by atoms with Crippen molar-refractivity contribution >= 4 is 51.6 Å². The van der Waals surface area contributed by atoms with Gasteiger partial charge in [-0.15, -0.1) is 28.1 Å². The number of allylic oxidation sites excluding steroid dienone is 1. The highest BCUT2D eigenvalue weighted by Crippen LogP contribution is 2.39. The van der Waals surface area contributed by atoms with E-state index in [0.717, 1.165) is 41.7 Å². The first kappa shape index (κ1) is 28.2. The molecule has 4 rings (SSSR count). The molecule has 0 bridgehead atoms. The zero-order chi connectivity index (χ0) is 27.2. The Morgan fingerprint density at radius 1 is 1.29 bits per heavy atom. The molecule has 2 aromatic heterocycles. The van der Waals surface area contributed by atoms with Crippen LogP contribution in [0, 0.1) is 6.92 Å². The minimum atomic E-state index is -0.381. The van der Waals surface area contributed by atoms with E-state index in [1.165, 1.54) is 23.1 Å². The van der Waals surface area contributed by atoms with Crippen LogP contribution in [-0.2, 0) is 35.5 Å². The van der Waals surface area contributed by atoms with E-state index >= 15 is 0 Å². The van der Waals surface area contributed by atoms with Gasteiger partial charge in [0.2, 0.25) is 5.91 Å². The van der Waals surface area contributed by atoms with Gasteiger partial charge in [-0.2, -0.15) is 0 Å². The molecule has 11 heteroatoms. The van der Waals surface area contributed by atoms with Crippen molar-refractivity contribution in [1.29, 1.82) is 0 Å². The lowest BCUT2D eigenvalue weighted by molar-refractivity contribution is -0.113. The van der Waals surface area contributed by atoms with Gasteiger partial charge in [-0.05, 0) is 75.8 Å². The lowest BCUT2D eigenvalue weighted by atomic mass is 9.95. The van der Waals surface area contributed by atoms with Crippen LogP contribution in [0.3, 0.4) is 0 Å². The summed E-state index contributed by atoms with van der Waals surface area (Å²) in [5.74, 6) is 0.792. The van der Waals surface area contributed by atoms with Gasteiger partial charge >= 0.3 is 5.97 Å². The van der Waals surface area contributed by atoms with E-state index in [0.29, 0.717) is 38.9 Å². The molecule has 0 saturated heterocycles. The summed E-state index contributed by atoms with van der Waals surface area (Å²) in [5, 5.41) is 13.3. The van der Waals surface area contributed by atoms with E-state index in [-0.39, 0.29) is 30.3 Å². The third-order valence-electron chi connectivity index (χ3n) is 5.91. The number of carbonyl (C=O) groups is 2. The second-order valence-electron chi connectivity index (χ2n) is 9.20. The molecule has 1 amide bonds. The SMILES string of the molecule is C=CCn1c(COc2ccc(Cl)c(C)c2)nnc1SCC(=O)Nc1sc2c(c1C(=O)OC(C)C)CCCC2. The number of ether oxygens (including phenoxy) is 2. The Balaban J connectivity index is 1.43. The maximum absolute atomic E-state index is 13.0. The quantitative estimate of drug-likeness (QED) is 0.164. The molecule has 1 aliphatic carbocycles. The number of carbonyl (C=O) groups excluding carboxylic acids is 2. The predicted octanol–water partition coefficient (Wildman–Crippen LogP) is 6.24. The second kappa shape index (κ2) is 12.8. The lowest BCUT2D eigenvalue weighted by Crippen LogP contribution is -2.19. The third-order valence-corrected chi connectivity index (χ3v) is 8.50. The largest absolute Gasteiger partial charge is 0.486 e. The van der Waals surface area contributed by atoms with Crippen molar-refractivity contribution in [2.24, 2.45) is 0 Å². The lowest BCUT2D eigenvalue weighted by Gasteiger charge is -2.14. The number of aromatic nitrogens is 3. The predicted molar refractivity (Wildman–Crippen MR) is 152 cm³/mol. The number of fused-ring (bicyclic) bond motifs is 1. The molecule has 0 saturated carbocycles. The van der Waals surface area contributed by atoms with Crippen LogP contribution in [0.2, 0.25) is 5.02 Å². The number of nitrogens with one attached hydrogen (secondary N) is 1. The van der Waals surface area contributed by atoms with Gasteiger partial charge in [0.25, 0.3) is 0 Å². The summed E-state index contributed by atoms with van der Waals surface area (Å²) < 4.78 is 13.2. The van der Waals surface area contributed by atoms with Gasteiger partial charge in [0.1, 0.15) is 17.4 Å². The van der Waals surface area contributed by atoms with Crippen molar-refractivity contribution in [3.8, 4) is 5.75 Å². The van der Waals surface area contributed by atoms with Crippen molar-refractivity contribution in [1.82, 2.24) is 14.8 Å². The number of rotatable bonds is 11. The van der Waals surface area contributed by atoms with Crippen molar-refractivity contribution < 1.29 is 19.1 Å². The maximum atomic E-state index is 13.0. The van der Waals surface area contributed by atoms with Gasteiger partial charge in [-0.1, -0.05) is 29.4 Å². The first-order valence-corrected chi connectivity index (χ1v) is 14.6. The molecule has 1 aliphatic rings. The first-order valence-electron chi connectivity index (χ1n) is 12.5. The third kappa shape index (κ3) is 6.78. The summed E-state index contributed by atoms with van der Waals surface area (Å²) in [4.78, 5) is 27.0. The molecule has 0 spiro atoms. The van der Waals surface area contributed by atoms with Crippen LogP contribution in [-0.4, -0.2) is 38.5 Å². The smallest absolute Gasteiger partial charge is 0.341 e. The average Bonchev–Trinajstić information content (AvgIpc) is 3.43. The van der Waals surface area contributed by atoms with Gasteiger partial charge in [0, 0.05) is 16.4 Å². The van der Waals surface area contributed by atoms with Gasteiger partial charge in [-0.3, -0.25) is 9.36 Å². The summed E-state index contributed by atoms with van der Waals surface area (Å²) >= 11 is 8.84. The fourth-order valence-corrected chi connectivity index (χ4v) is 6.31. The Morgan fingerprint density at radius 2 is 2.08 bits per heavy atom. The van der Waals surface area contributed by atoms with Gasteiger partial charge in [0.05, 0.1) is 17.4 Å². The minimum absolute atomic E-state index is 0.105. The van der Waals surface area contributed by atoms with Gasteiger partial charge in [0.15, 0.2) is 11.0 Å². The first-order chi connectivity index (χ1) is 18.3. The maximum Gasteiger partial charge on any atom is 0.341 e. The molecule has 0 fully saturated rings. The van der Waals surface area contributed by atoms with E-state index in [1.807, 2.05) is 31.4 Å². The Bertz CT molecular complexity index is 1330. The zero-order valence-corrected chi connectivity index (χ0v) is 24.1. The summed E-state index contributed by atoms with van der Waals surface area (Å²) in [5.41, 5.74) is 2.44. The number of halogens is 1. The number of hydrogen-bond donors (Lipinski definition) is 1. The number of thioether (sulfide) groups is 1. The number of esters is 1. The van der Waals surface area contributed by atoms with Crippen LogP contribution in [0.1, 0.15) is 58.9 Å². The number of amides is 1. The summed E-state index contributed by atoms with van der Waals surface area (Å²) in [6.45, 7) is 10.1. The van der Waals surface area contributed by atoms with E-state index in [4.69, 9.17) is 21.1 Å². The molecule has 0 atom stereocenters. The molecule has 1 N–H and O–H groups in total. The minimum Gasteiger partial charge on any atom is -0.486 e. The summed E-state index contributed by atoms with van der Waals surface area (Å²) in [6.07, 6.45) is 5.35. The van der Waals surface area contributed by atoms with Crippen LogP contribution in [0.4, 0.5) is 5.00 Å². The highest BCUT2D eigenvalue weighted by atomic mass is 35.5. The molecule has 0 aliphatic heterocycles. The second-order valence-corrected chi connectivity index (χ2v) is 11.7. The van der Waals surface area contributed by atoms with Crippen LogP contribution in [0.5, 0.6) is 5.75 Å². The van der Waals surface area contributed by atoms with E-state index in [1.54, 1.807) is 18.2 Å². The average molecular weight is 575 g/mol. The summed E-state index contributed by atoms with van der Waals surface area (Å²) in [7, 11) is 0. The highest BCUT2D eigenvalue weighted by Gasteiger charge is 2.28.